The van der Waals surface area contributed by atoms with Gasteiger partial charge in [-0.3, -0.25) is 0 Å². The van der Waals surface area contributed by atoms with E-state index >= 15 is 0 Å². The lowest BCUT2D eigenvalue weighted by Gasteiger charge is -2.20. The van der Waals surface area contributed by atoms with E-state index in [-0.39, 0.29) is 6.54 Å². The van der Waals surface area contributed by atoms with E-state index in [9.17, 15) is 5.11 Å². The van der Waals surface area contributed by atoms with Gasteiger partial charge in [0, 0.05) is 20.0 Å². The van der Waals surface area contributed by atoms with Crippen molar-refractivity contribution in [3.63, 3.8) is 0 Å². The van der Waals surface area contributed by atoms with E-state index < -0.39 is 5.60 Å². The van der Waals surface area contributed by atoms with Crippen molar-refractivity contribution in [2.45, 2.75) is 25.9 Å². The highest BCUT2D eigenvalue weighted by molar-refractivity contribution is 5.79. The van der Waals surface area contributed by atoms with Gasteiger partial charge < -0.3 is 15.4 Å². The van der Waals surface area contributed by atoms with Crippen LogP contribution in [0.3, 0.4) is 0 Å². The number of rotatable bonds is 3. The summed E-state index contributed by atoms with van der Waals surface area (Å²) in [7, 11) is 1.98. The molecule has 4 heteroatoms. The quantitative estimate of drug-likeness (QED) is 0.835. The molecular weight excluding hydrogens is 214 g/mol. The average molecular weight is 233 g/mol. The zero-order valence-corrected chi connectivity index (χ0v) is 10.6. The number of fused-ring (bicyclic) bond motifs is 1. The van der Waals surface area contributed by atoms with Crippen LogP contribution >= 0.6 is 0 Å². The summed E-state index contributed by atoms with van der Waals surface area (Å²) < 4.78 is 2.04. The first kappa shape index (κ1) is 12.1. The molecule has 0 bridgehead atoms. The molecule has 0 radical (unpaired) electrons. The van der Waals surface area contributed by atoms with Crippen LogP contribution in [0, 0.1) is 6.92 Å². The molecule has 1 atom stereocenters. The van der Waals surface area contributed by atoms with Crippen molar-refractivity contribution in [1.82, 2.24) is 9.55 Å². The standard InChI is InChI=1S/C13H19N3O/c1-9-5-4-6-10-12(9)16(3)11(15-10)7-13(2,17)8-14/h4-6,17H,7-8,14H2,1-3H3. The number of para-hydroxylation sites is 1. The minimum Gasteiger partial charge on any atom is -0.388 e. The number of nitrogens with two attached hydrogens (primary N) is 1. The van der Waals surface area contributed by atoms with Gasteiger partial charge in [-0.05, 0) is 25.5 Å². The van der Waals surface area contributed by atoms with Crippen molar-refractivity contribution in [3.05, 3.63) is 29.6 Å². The van der Waals surface area contributed by atoms with Crippen LogP contribution in [0.1, 0.15) is 18.3 Å². The first-order chi connectivity index (χ1) is 7.94. The molecule has 0 aliphatic rings. The second-order valence-corrected chi connectivity index (χ2v) is 4.91. The number of hydrogen-bond donors (Lipinski definition) is 2. The first-order valence-electron chi connectivity index (χ1n) is 5.78. The van der Waals surface area contributed by atoms with Gasteiger partial charge in [0.15, 0.2) is 0 Å². The Morgan fingerprint density at radius 1 is 1.47 bits per heavy atom. The van der Waals surface area contributed by atoms with E-state index in [4.69, 9.17) is 5.73 Å². The van der Waals surface area contributed by atoms with Crippen LogP contribution in [-0.2, 0) is 13.5 Å². The summed E-state index contributed by atoms with van der Waals surface area (Å²) in [4.78, 5) is 4.55. The van der Waals surface area contributed by atoms with Crippen LogP contribution in [0.25, 0.3) is 11.0 Å². The molecular formula is C13H19N3O. The van der Waals surface area contributed by atoms with E-state index in [2.05, 4.69) is 18.0 Å². The lowest BCUT2D eigenvalue weighted by molar-refractivity contribution is 0.0670. The van der Waals surface area contributed by atoms with E-state index in [0.717, 1.165) is 16.9 Å². The first-order valence-corrected chi connectivity index (χ1v) is 5.78. The second-order valence-electron chi connectivity index (χ2n) is 4.91. The number of hydrogen-bond acceptors (Lipinski definition) is 3. The molecule has 0 fully saturated rings. The molecule has 3 N–H and O–H groups in total. The summed E-state index contributed by atoms with van der Waals surface area (Å²) >= 11 is 0. The fourth-order valence-corrected chi connectivity index (χ4v) is 2.08. The lowest BCUT2D eigenvalue weighted by Crippen LogP contribution is -2.37. The smallest absolute Gasteiger partial charge is 0.112 e. The van der Waals surface area contributed by atoms with Crippen molar-refractivity contribution < 1.29 is 5.11 Å². The molecule has 92 valence electrons. The molecule has 1 aromatic heterocycles. The van der Waals surface area contributed by atoms with Crippen LogP contribution in [0.4, 0.5) is 0 Å². The van der Waals surface area contributed by atoms with Gasteiger partial charge in [-0.1, -0.05) is 12.1 Å². The molecule has 4 nitrogen and oxygen atoms in total. The van der Waals surface area contributed by atoms with Crippen LogP contribution < -0.4 is 5.73 Å². The highest BCUT2D eigenvalue weighted by atomic mass is 16.3. The third-order valence-electron chi connectivity index (χ3n) is 3.17. The molecule has 0 aliphatic heterocycles. The number of imidazole rings is 1. The van der Waals surface area contributed by atoms with E-state index in [1.165, 1.54) is 5.56 Å². The fourth-order valence-electron chi connectivity index (χ4n) is 2.08. The monoisotopic (exact) mass is 233 g/mol. The van der Waals surface area contributed by atoms with E-state index in [1.807, 2.05) is 23.7 Å². The highest BCUT2D eigenvalue weighted by Crippen LogP contribution is 2.21. The highest BCUT2D eigenvalue weighted by Gasteiger charge is 2.22. The van der Waals surface area contributed by atoms with Gasteiger partial charge >= 0.3 is 0 Å². The zero-order valence-electron chi connectivity index (χ0n) is 10.6. The minimum atomic E-state index is -0.900. The van der Waals surface area contributed by atoms with Crippen molar-refractivity contribution in [2.75, 3.05) is 6.54 Å². The Balaban J connectivity index is 2.50. The number of aromatic nitrogens is 2. The largest absolute Gasteiger partial charge is 0.388 e. The van der Waals surface area contributed by atoms with Crippen molar-refractivity contribution in [3.8, 4) is 0 Å². The predicted octanol–water partition coefficient (Wildman–Crippen LogP) is 1.13. The van der Waals surface area contributed by atoms with Gasteiger partial charge in [-0.2, -0.15) is 0 Å². The Bertz CT molecular complexity index is 543. The maximum atomic E-state index is 10.0. The fraction of sp³-hybridized carbons (Fsp3) is 0.462. The molecule has 17 heavy (non-hydrogen) atoms. The Hall–Kier alpha value is -1.39. The van der Waals surface area contributed by atoms with Crippen LogP contribution in [-0.4, -0.2) is 26.8 Å². The minimum absolute atomic E-state index is 0.231. The summed E-state index contributed by atoms with van der Waals surface area (Å²) in [6.45, 7) is 4.03. The summed E-state index contributed by atoms with van der Waals surface area (Å²) in [5.41, 5.74) is 7.92. The summed E-state index contributed by atoms with van der Waals surface area (Å²) in [5.74, 6) is 0.866. The maximum absolute atomic E-state index is 10.0. The molecule has 2 rings (SSSR count). The zero-order chi connectivity index (χ0) is 12.6. The Morgan fingerprint density at radius 2 is 2.18 bits per heavy atom. The SMILES string of the molecule is Cc1cccc2nc(CC(C)(O)CN)n(C)c12. The molecule has 1 heterocycles. The summed E-state index contributed by atoms with van der Waals surface area (Å²) in [5, 5.41) is 10.0. The molecule has 0 aliphatic carbocycles. The van der Waals surface area contributed by atoms with Gasteiger partial charge in [0.2, 0.25) is 0 Å². The summed E-state index contributed by atoms with van der Waals surface area (Å²) in [6.07, 6.45) is 0.466. The van der Waals surface area contributed by atoms with Crippen molar-refractivity contribution in [2.24, 2.45) is 12.8 Å². The molecule has 2 aromatic rings. The molecule has 0 amide bonds. The topological polar surface area (TPSA) is 64.1 Å². The van der Waals surface area contributed by atoms with Crippen LogP contribution in [0.15, 0.2) is 18.2 Å². The van der Waals surface area contributed by atoms with Gasteiger partial charge in [0.1, 0.15) is 5.82 Å². The normalized spacial score (nSPS) is 15.1. The Kier molecular flexibility index (Phi) is 2.93. The van der Waals surface area contributed by atoms with Gasteiger partial charge in [0.25, 0.3) is 0 Å². The maximum Gasteiger partial charge on any atom is 0.112 e. The Labute approximate surface area is 101 Å². The van der Waals surface area contributed by atoms with E-state index in [0.29, 0.717) is 6.42 Å². The molecule has 1 unspecified atom stereocenters. The number of aliphatic hydroxyl groups is 1. The molecule has 0 saturated carbocycles. The molecule has 1 aromatic carbocycles. The summed E-state index contributed by atoms with van der Waals surface area (Å²) in [6, 6.07) is 6.05. The van der Waals surface area contributed by atoms with Gasteiger partial charge in [-0.15, -0.1) is 0 Å². The predicted molar refractivity (Wildman–Crippen MR) is 68.8 cm³/mol. The Morgan fingerprint density at radius 3 is 2.76 bits per heavy atom. The number of aryl methyl sites for hydroxylation is 2. The number of benzene rings is 1. The molecule has 0 spiro atoms. The van der Waals surface area contributed by atoms with Gasteiger partial charge in [-0.25, -0.2) is 4.98 Å². The van der Waals surface area contributed by atoms with Crippen molar-refractivity contribution >= 4 is 11.0 Å². The van der Waals surface area contributed by atoms with Gasteiger partial charge in [0.05, 0.1) is 16.6 Å². The average Bonchev–Trinajstić information content (AvgIpc) is 2.57. The third-order valence-corrected chi connectivity index (χ3v) is 3.17. The van der Waals surface area contributed by atoms with Crippen molar-refractivity contribution in [1.29, 1.82) is 0 Å². The third kappa shape index (κ3) is 2.18. The molecule has 0 saturated heterocycles. The van der Waals surface area contributed by atoms with Crippen LogP contribution in [0.5, 0.6) is 0 Å². The lowest BCUT2D eigenvalue weighted by atomic mass is 10.0. The number of nitrogens with zero attached hydrogens (tertiary/aromatic N) is 2. The van der Waals surface area contributed by atoms with E-state index in [1.54, 1.807) is 6.92 Å². The van der Waals surface area contributed by atoms with Crippen LogP contribution in [0.2, 0.25) is 0 Å². The second kappa shape index (κ2) is 4.13.